The number of anilines is 1. The summed E-state index contributed by atoms with van der Waals surface area (Å²) in [6.07, 6.45) is 0. The summed E-state index contributed by atoms with van der Waals surface area (Å²) in [5.74, 6) is 1.32. The SMILES string of the molecule is COc1ccc(C(C)(C)NC(=O)N2CCN(c3ccccc3)CC2)cc1OC. The number of ether oxygens (including phenoxy) is 2. The number of carbonyl (C=O) groups is 1. The van der Waals surface area contributed by atoms with Crippen molar-refractivity contribution in [2.45, 2.75) is 19.4 Å². The van der Waals surface area contributed by atoms with Crippen molar-refractivity contribution in [3.63, 3.8) is 0 Å². The fourth-order valence-electron chi connectivity index (χ4n) is 3.45. The summed E-state index contributed by atoms with van der Waals surface area (Å²) in [4.78, 5) is 17.0. The van der Waals surface area contributed by atoms with E-state index in [1.165, 1.54) is 5.69 Å². The monoisotopic (exact) mass is 383 g/mol. The molecule has 2 amide bonds. The fourth-order valence-corrected chi connectivity index (χ4v) is 3.45. The van der Waals surface area contributed by atoms with E-state index < -0.39 is 5.54 Å². The van der Waals surface area contributed by atoms with Crippen LogP contribution in [0.5, 0.6) is 11.5 Å². The van der Waals surface area contributed by atoms with E-state index in [9.17, 15) is 4.79 Å². The molecule has 1 saturated heterocycles. The van der Waals surface area contributed by atoms with Gasteiger partial charge in [-0.1, -0.05) is 24.3 Å². The van der Waals surface area contributed by atoms with Crippen LogP contribution in [0.2, 0.25) is 0 Å². The summed E-state index contributed by atoms with van der Waals surface area (Å²) in [7, 11) is 3.22. The maximum atomic E-state index is 12.8. The van der Waals surface area contributed by atoms with Crippen LogP contribution >= 0.6 is 0 Å². The van der Waals surface area contributed by atoms with Gasteiger partial charge in [0.05, 0.1) is 19.8 Å². The number of rotatable bonds is 5. The highest BCUT2D eigenvalue weighted by Crippen LogP contribution is 2.32. The second kappa shape index (κ2) is 8.42. The number of methoxy groups -OCH3 is 2. The number of para-hydroxylation sites is 1. The van der Waals surface area contributed by atoms with E-state index in [2.05, 4.69) is 22.3 Å². The van der Waals surface area contributed by atoms with Crippen molar-refractivity contribution >= 4 is 11.7 Å². The number of piperazine rings is 1. The molecule has 0 radical (unpaired) electrons. The third-order valence-electron chi connectivity index (χ3n) is 5.21. The number of urea groups is 1. The van der Waals surface area contributed by atoms with Crippen molar-refractivity contribution in [3.05, 3.63) is 54.1 Å². The molecular formula is C22H29N3O3. The van der Waals surface area contributed by atoms with Gasteiger partial charge >= 0.3 is 6.03 Å². The van der Waals surface area contributed by atoms with E-state index in [0.29, 0.717) is 24.6 Å². The third kappa shape index (κ3) is 4.32. The lowest BCUT2D eigenvalue weighted by molar-refractivity contribution is 0.183. The van der Waals surface area contributed by atoms with Crippen LogP contribution < -0.4 is 19.7 Å². The number of benzene rings is 2. The van der Waals surface area contributed by atoms with Crippen LogP contribution in [0.25, 0.3) is 0 Å². The van der Waals surface area contributed by atoms with Gasteiger partial charge in [0.25, 0.3) is 0 Å². The molecule has 150 valence electrons. The first-order valence-electron chi connectivity index (χ1n) is 9.54. The van der Waals surface area contributed by atoms with Gasteiger partial charge in [-0.05, 0) is 43.7 Å². The molecule has 0 aromatic heterocycles. The minimum Gasteiger partial charge on any atom is -0.493 e. The molecule has 1 N–H and O–H groups in total. The quantitative estimate of drug-likeness (QED) is 0.859. The number of nitrogens with one attached hydrogen (secondary N) is 1. The van der Waals surface area contributed by atoms with Gasteiger partial charge in [-0.3, -0.25) is 0 Å². The second-order valence-electron chi connectivity index (χ2n) is 7.43. The summed E-state index contributed by atoms with van der Waals surface area (Å²) >= 11 is 0. The van der Waals surface area contributed by atoms with E-state index in [1.54, 1.807) is 14.2 Å². The van der Waals surface area contributed by atoms with Crippen LogP contribution in [0.3, 0.4) is 0 Å². The Labute approximate surface area is 167 Å². The predicted octanol–water partition coefficient (Wildman–Crippen LogP) is 3.47. The molecule has 1 aliphatic heterocycles. The molecule has 2 aromatic carbocycles. The van der Waals surface area contributed by atoms with Gasteiger partial charge in [0.2, 0.25) is 0 Å². The maximum absolute atomic E-state index is 12.8. The standard InChI is InChI=1S/C22H29N3O3/c1-22(2,17-10-11-19(27-3)20(16-17)28-4)23-21(26)25-14-12-24(13-15-25)18-8-6-5-7-9-18/h5-11,16H,12-15H2,1-4H3,(H,23,26). The van der Waals surface area contributed by atoms with Gasteiger partial charge < -0.3 is 24.6 Å². The molecule has 2 aromatic rings. The normalized spacial score (nSPS) is 14.6. The molecule has 0 saturated carbocycles. The first-order chi connectivity index (χ1) is 13.4. The zero-order valence-corrected chi connectivity index (χ0v) is 17.1. The van der Waals surface area contributed by atoms with Gasteiger partial charge in [0.15, 0.2) is 11.5 Å². The number of hydrogen-bond donors (Lipinski definition) is 1. The number of carbonyl (C=O) groups excluding carboxylic acids is 1. The summed E-state index contributed by atoms with van der Waals surface area (Å²) < 4.78 is 10.7. The first kappa shape index (κ1) is 19.9. The Balaban J connectivity index is 1.62. The van der Waals surface area contributed by atoms with Gasteiger partial charge in [0, 0.05) is 31.9 Å². The molecule has 0 bridgehead atoms. The molecular weight excluding hydrogens is 354 g/mol. The Hall–Kier alpha value is -2.89. The molecule has 0 aliphatic carbocycles. The molecule has 6 nitrogen and oxygen atoms in total. The van der Waals surface area contributed by atoms with E-state index in [1.807, 2.05) is 55.1 Å². The van der Waals surface area contributed by atoms with E-state index >= 15 is 0 Å². The Morgan fingerprint density at radius 1 is 0.929 bits per heavy atom. The highest BCUT2D eigenvalue weighted by atomic mass is 16.5. The maximum Gasteiger partial charge on any atom is 0.318 e. The van der Waals surface area contributed by atoms with Crippen molar-refractivity contribution in [1.29, 1.82) is 0 Å². The molecule has 28 heavy (non-hydrogen) atoms. The van der Waals surface area contributed by atoms with Crippen LogP contribution in [0.4, 0.5) is 10.5 Å². The van der Waals surface area contributed by atoms with Crippen LogP contribution in [-0.4, -0.2) is 51.3 Å². The second-order valence-corrected chi connectivity index (χ2v) is 7.43. The van der Waals surface area contributed by atoms with Crippen LogP contribution in [0.15, 0.2) is 48.5 Å². The van der Waals surface area contributed by atoms with Crippen molar-refractivity contribution < 1.29 is 14.3 Å². The average molecular weight is 383 g/mol. The summed E-state index contributed by atoms with van der Waals surface area (Å²) in [5, 5.41) is 3.16. The third-order valence-corrected chi connectivity index (χ3v) is 5.21. The number of amides is 2. The zero-order chi connectivity index (χ0) is 20.1. The lowest BCUT2D eigenvalue weighted by Crippen LogP contribution is -2.55. The Morgan fingerprint density at radius 3 is 2.18 bits per heavy atom. The Kier molecular flexibility index (Phi) is 5.97. The fraction of sp³-hybridized carbons (Fsp3) is 0.409. The molecule has 0 spiro atoms. The molecule has 6 heteroatoms. The molecule has 0 atom stereocenters. The molecule has 1 fully saturated rings. The number of hydrogen-bond acceptors (Lipinski definition) is 4. The highest BCUT2D eigenvalue weighted by molar-refractivity contribution is 5.75. The average Bonchev–Trinajstić information content (AvgIpc) is 2.73. The molecule has 1 aliphatic rings. The molecule has 1 heterocycles. The van der Waals surface area contributed by atoms with Gasteiger partial charge in [-0.25, -0.2) is 4.79 Å². The minimum absolute atomic E-state index is 0.0486. The van der Waals surface area contributed by atoms with E-state index in [-0.39, 0.29) is 6.03 Å². The smallest absolute Gasteiger partial charge is 0.318 e. The lowest BCUT2D eigenvalue weighted by atomic mass is 9.94. The van der Waals surface area contributed by atoms with Crippen molar-refractivity contribution in [2.24, 2.45) is 0 Å². The van der Waals surface area contributed by atoms with Crippen LogP contribution in [-0.2, 0) is 5.54 Å². The van der Waals surface area contributed by atoms with Crippen LogP contribution in [0.1, 0.15) is 19.4 Å². The summed E-state index contributed by atoms with van der Waals surface area (Å²) in [6, 6.07) is 16.0. The first-order valence-corrected chi connectivity index (χ1v) is 9.54. The van der Waals surface area contributed by atoms with Crippen molar-refractivity contribution in [1.82, 2.24) is 10.2 Å². The molecule has 0 unspecified atom stereocenters. The van der Waals surface area contributed by atoms with E-state index in [0.717, 1.165) is 18.7 Å². The highest BCUT2D eigenvalue weighted by Gasteiger charge is 2.28. The van der Waals surface area contributed by atoms with Crippen LogP contribution in [0, 0.1) is 0 Å². The van der Waals surface area contributed by atoms with Crippen molar-refractivity contribution in [3.8, 4) is 11.5 Å². The zero-order valence-electron chi connectivity index (χ0n) is 17.1. The predicted molar refractivity (Wildman–Crippen MR) is 111 cm³/mol. The summed E-state index contributed by atoms with van der Waals surface area (Å²) in [5.41, 5.74) is 1.63. The van der Waals surface area contributed by atoms with Crippen molar-refractivity contribution in [2.75, 3.05) is 45.3 Å². The minimum atomic E-state index is -0.535. The summed E-state index contributed by atoms with van der Waals surface area (Å²) in [6.45, 7) is 7.03. The van der Waals surface area contributed by atoms with Gasteiger partial charge in [0.1, 0.15) is 0 Å². The topological polar surface area (TPSA) is 54.0 Å². The van der Waals surface area contributed by atoms with Gasteiger partial charge in [-0.2, -0.15) is 0 Å². The Bertz CT molecular complexity index is 800. The van der Waals surface area contributed by atoms with Gasteiger partial charge in [-0.15, -0.1) is 0 Å². The molecule has 3 rings (SSSR count). The number of nitrogens with zero attached hydrogens (tertiary/aromatic N) is 2. The lowest BCUT2D eigenvalue weighted by Gasteiger charge is -2.38. The Morgan fingerprint density at radius 2 is 1.57 bits per heavy atom. The van der Waals surface area contributed by atoms with E-state index in [4.69, 9.17) is 9.47 Å². The largest absolute Gasteiger partial charge is 0.493 e.